The third-order valence-corrected chi connectivity index (χ3v) is 2.80. The summed E-state index contributed by atoms with van der Waals surface area (Å²) in [5, 5.41) is 13.7. The number of ether oxygens (including phenoxy) is 1. The van der Waals surface area contributed by atoms with E-state index in [1.165, 1.54) is 0 Å². The summed E-state index contributed by atoms with van der Waals surface area (Å²) in [6, 6.07) is 7.35. The summed E-state index contributed by atoms with van der Waals surface area (Å²) in [5.41, 5.74) is 2.09. The molecule has 0 saturated carbocycles. The largest absolute Gasteiger partial charge is 0.508 e. The van der Waals surface area contributed by atoms with Gasteiger partial charge in [0.25, 0.3) is 0 Å². The summed E-state index contributed by atoms with van der Waals surface area (Å²) in [5.74, 6) is 0.940. The minimum atomic E-state index is 0.108. The Morgan fingerprint density at radius 2 is 2.00 bits per heavy atom. The summed E-state index contributed by atoms with van der Waals surface area (Å²) in [6.07, 6.45) is 0.108. The van der Waals surface area contributed by atoms with Gasteiger partial charge < -0.3 is 9.84 Å². The van der Waals surface area contributed by atoms with Crippen LogP contribution in [0.3, 0.4) is 0 Å². The van der Waals surface area contributed by atoms with Crippen molar-refractivity contribution in [2.75, 3.05) is 0 Å². The van der Waals surface area contributed by atoms with Crippen molar-refractivity contribution in [1.29, 1.82) is 0 Å². The number of aromatic hydroxyl groups is 1. The van der Waals surface area contributed by atoms with E-state index in [0.29, 0.717) is 5.75 Å². The maximum Gasteiger partial charge on any atom is 0.123 e. The molecular formula is C13H14O2S. The highest BCUT2D eigenvalue weighted by atomic mass is 32.1. The Morgan fingerprint density at radius 3 is 2.62 bits per heavy atom. The number of hydrogen-bond acceptors (Lipinski definition) is 3. The van der Waals surface area contributed by atoms with E-state index in [9.17, 15) is 5.11 Å². The first-order chi connectivity index (χ1) is 7.65. The van der Waals surface area contributed by atoms with Gasteiger partial charge in [0.15, 0.2) is 0 Å². The van der Waals surface area contributed by atoms with E-state index in [2.05, 4.69) is 0 Å². The quantitative estimate of drug-likeness (QED) is 0.872. The van der Waals surface area contributed by atoms with Crippen LogP contribution in [0.4, 0.5) is 0 Å². The van der Waals surface area contributed by atoms with Crippen LogP contribution in [0.1, 0.15) is 13.8 Å². The topological polar surface area (TPSA) is 29.5 Å². The zero-order chi connectivity index (χ0) is 11.5. The molecule has 2 rings (SSSR count). The number of benzene rings is 1. The molecule has 0 atom stereocenters. The molecular weight excluding hydrogens is 220 g/mol. The van der Waals surface area contributed by atoms with Gasteiger partial charge in [0.1, 0.15) is 11.5 Å². The first kappa shape index (κ1) is 11.0. The third kappa shape index (κ3) is 2.55. The fourth-order valence-corrected chi connectivity index (χ4v) is 2.18. The van der Waals surface area contributed by atoms with Gasteiger partial charge in [-0.1, -0.05) is 0 Å². The Balaban J connectivity index is 2.36. The Morgan fingerprint density at radius 1 is 1.19 bits per heavy atom. The standard InChI is InChI=1S/C13H14O2S/c1-9(2)15-13-6-11(5-12(14)7-13)10-3-4-16-8-10/h3-9,14H,1-2H3. The van der Waals surface area contributed by atoms with Gasteiger partial charge in [-0.25, -0.2) is 0 Å². The second kappa shape index (κ2) is 4.58. The minimum absolute atomic E-state index is 0.108. The highest BCUT2D eigenvalue weighted by Gasteiger charge is 2.05. The van der Waals surface area contributed by atoms with Crippen molar-refractivity contribution < 1.29 is 9.84 Å². The van der Waals surface area contributed by atoms with Gasteiger partial charge in [0.2, 0.25) is 0 Å². The molecule has 84 valence electrons. The predicted octanol–water partition coefficient (Wildman–Crippen LogP) is 3.91. The molecule has 1 aromatic heterocycles. The lowest BCUT2D eigenvalue weighted by molar-refractivity contribution is 0.241. The van der Waals surface area contributed by atoms with E-state index in [-0.39, 0.29) is 11.9 Å². The number of phenolic OH excluding ortho intramolecular Hbond substituents is 1. The number of hydrogen-bond donors (Lipinski definition) is 1. The Labute approximate surface area is 99.1 Å². The molecule has 0 amide bonds. The second-order valence-electron chi connectivity index (χ2n) is 3.89. The van der Waals surface area contributed by atoms with Crippen molar-refractivity contribution in [2.24, 2.45) is 0 Å². The Bertz CT molecular complexity index is 461. The van der Waals surface area contributed by atoms with Crippen molar-refractivity contribution in [2.45, 2.75) is 20.0 Å². The van der Waals surface area contributed by atoms with Crippen molar-refractivity contribution in [3.05, 3.63) is 35.0 Å². The van der Waals surface area contributed by atoms with Crippen molar-refractivity contribution in [3.8, 4) is 22.6 Å². The number of rotatable bonds is 3. The molecule has 0 aliphatic heterocycles. The first-order valence-corrected chi connectivity index (χ1v) is 6.13. The van der Waals surface area contributed by atoms with E-state index in [0.717, 1.165) is 11.1 Å². The van der Waals surface area contributed by atoms with Gasteiger partial charge in [0.05, 0.1) is 6.10 Å². The van der Waals surface area contributed by atoms with Gasteiger partial charge in [-0.15, -0.1) is 0 Å². The van der Waals surface area contributed by atoms with E-state index < -0.39 is 0 Å². The zero-order valence-corrected chi connectivity index (χ0v) is 10.1. The molecule has 0 saturated heterocycles. The maximum atomic E-state index is 9.63. The Hall–Kier alpha value is -1.48. The molecule has 0 aliphatic rings. The summed E-state index contributed by atoms with van der Waals surface area (Å²) < 4.78 is 5.58. The molecule has 1 N–H and O–H groups in total. The van der Waals surface area contributed by atoms with Crippen LogP contribution in [-0.2, 0) is 0 Å². The van der Waals surface area contributed by atoms with Crippen molar-refractivity contribution >= 4 is 11.3 Å². The summed E-state index contributed by atoms with van der Waals surface area (Å²) in [6.45, 7) is 3.93. The molecule has 0 radical (unpaired) electrons. The van der Waals surface area contributed by atoms with E-state index in [4.69, 9.17) is 4.74 Å². The van der Waals surface area contributed by atoms with Crippen LogP contribution in [0.5, 0.6) is 11.5 Å². The van der Waals surface area contributed by atoms with E-state index in [1.54, 1.807) is 23.5 Å². The highest BCUT2D eigenvalue weighted by Crippen LogP contribution is 2.30. The molecule has 0 unspecified atom stereocenters. The molecule has 2 nitrogen and oxygen atoms in total. The molecule has 0 spiro atoms. The van der Waals surface area contributed by atoms with Gasteiger partial charge in [-0.3, -0.25) is 0 Å². The molecule has 0 fully saturated rings. The van der Waals surface area contributed by atoms with Crippen LogP contribution in [0.15, 0.2) is 35.0 Å². The molecule has 2 aromatic rings. The first-order valence-electron chi connectivity index (χ1n) is 5.18. The van der Waals surface area contributed by atoms with Gasteiger partial charge in [-0.05, 0) is 53.9 Å². The summed E-state index contributed by atoms with van der Waals surface area (Å²) >= 11 is 1.64. The monoisotopic (exact) mass is 234 g/mol. The van der Waals surface area contributed by atoms with Gasteiger partial charge in [-0.2, -0.15) is 11.3 Å². The molecule has 3 heteroatoms. The summed E-state index contributed by atoms with van der Waals surface area (Å²) in [7, 11) is 0. The van der Waals surface area contributed by atoms with Crippen LogP contribution < -0.4 is 4.74 Å². The van der Waals surface area contributed by atoms with Crippen LogP contribution in [0.25, 0.3) is 11.1 Å². The van der Waals surface area contributed by atoms with Gasteiger partial charge in [0, 0.05) is 6.07 Å². The van der Waals surface area contributed by atoms with Gasteiger partial charge >= 0.3 is 0 Å². The lowest BCUT2D eigenvalue weighted by Crippen LogP contribution is -2.05. The van der Waals surface area contributed by atoms with Crippen molar-refractivity contribution in [3.63, 3.8) is 0 Å². The summed E-state index contributed by atoms with van der Waals surface area (Å²) in [4.78, 5) is 0. The third-order valence-electron chi connectivity index (χ3n) is 2.12. The van der Waals surface area contributed by atoms with Crippen LogP contribution in [0.2, 0.25) is 0 Å². The highest BCUT2D eigenvalue weighted by molar-refractivity contribution is 7.08. The van der Waals surface area contributed by atoms with Crippen LogP contribution in [0, 0.1) is 0 Å². The fraction of sp³-hybridized carbons (Fsp3) is 0.231. The van der Waals surface area contributed by atoms with Crippen LogP contribution >= 0.6 is 11.3 Å². The molecule has 0 bridgehead atoms. The zero-order valence-electron chi connectivity index (χ0n) is 9.31. The van der Waals surface area contributed by atoms with E-state index >= 15 is 0 Å². The normalized spacial score (nSPS) is 10.7. The fourth-order valence-electron chi connectivity index (χ4n) is 1.52. The molecule has 1 aromatic carbocycles. The number of thiophene rings is 1. The average Bonchev–Trinajstić information content (AvgIpc) is 2.67. The second-order valence-corrected chi connectivity index (χ2v) is 4.67. The maximum absolute atomic E-state index is 9.63. The van der Waals surface area contributed by atoms with Crippen LogP contribution in [-0.4, -0.2) is 11.2 Å². The smallest absolute Gasteiger partial charge is 0.123 e. The van der Waals surface area contributed by atoms with E-state index in [1.807, 2.05) is 36.7 Å². The molecule has 1 heterocycles. The SMILES string of the molecule is CC(C)Oc1cc(O)cc(-c2ccsc2)c1. The minimum Gasteiger partial charge on any atom is -0.508 e. The lowest BCUT2D eigenvalue weighted by atomic mass is 10.1. The van der Waals surface area contributed by atoms with Crippen molar-refractivity contribution in [1.82, 2.24) is 0 Å². The molecule has 0 aliphatic carbocycles. The predicted molar refractivity (Wildman–Crippen MR) is 67.2 cm³/mol. The lowest BCUT2D eigenvalue weighted by Gasteiger charge is -2.11. The average molecular weight is 234 g/mol. The number of phenols is 1. The molecule has 16 heavy (non-hydrogen) atoms. The Kier molecular flexibility index (Phi) is 3.15.